The van der Waals surface area contributed by atoms with Crippen LogP contribution in [0.3, 0.4) is 0 Å². The summed E-state index contributed by atoms with van der Waals surface area (Å²) in [5.41, 5.74) is 0.969. The van der Waals surface area contributed by atoms with Crippen molar-refractivity contribution in [3.63, 3.8) is 0 Å². The summed E-state index contributed by atoms with van der Waals surface area (Å²) in [6.07, 6.45) is 0.599. The summed E-state index contributed by atoms with van der Waals surface area (Å²) in [5.74, 6) is -0.727. The molecule has 9 heteroatoms. The van der Waals surface area contributed by atoms with Gasteiger partial charge in [-0.2, -0.15) is 0 Å². The van der Waals surface area contributed by atoms with Crippen LogP contribution < -0.4 is 15.8 Å². The van der Waals surface area contributed by atoms with Gasteiger partial charge in [0.05, 0.1) is 10.4 Å². The Morgan fingerprint density at radius 2 is 1.83 bits per heavy atom. The van der Waals surface area contributed by atoms with E-state index >= 15 is 0 Å². The van der Waals surface area contributed by atoms with Crippen molar-refractivity contribution in [2.45, 2.75) is 50.6 Å². The van der Waals surface area contributed by atoms with Crippen LogP contribution in [0.15, 0.2) is 62.6 Å². The molecular formula is C21H25N3O5S. The molecule has 0 unspecified atom stereocenters. The van der Waals surface area contributed by atoms with Gasteiger partial charge in [-0.25, -0.2) is 17.9 Å². The first-order valence-corrected chi connectivity index (χ1v) is 11.1. The van der Waals surface area contributed by atoms with Crippen molar-refractivity contribution < 1.29 is 17.6 Å². The molecule has 0 aliphatic rings. The van der Waals surface area contributed by atoms with E-state index in [1.807, 2.05) is 6.07 Å². The lowest BCUT2D eigenvalue weighted by Gasteiger charge is -2.20. The summed E-state index contributed by atoms with van der Waals surface area (Å²) in [7, 11) is -3.70. The van der Waals surface area contributed by atoms with E-state index in [1.54, 1.807) is 51.1 Å². The minimum absolute atomic E-state index is 0.0756. The van der Waals surface area contributed by atoms with Crippen LogP contribution >= 0.6 is 0 Å². The molecule has 0 aliphatic carbocycles. The van der Waals surface area contributed by atoms with Crippen molar-refractivity contribution in [2.75, 3.05) is 5.32 Å². The zero-order valence-electron chi connectivity index (χ0n) is 17.1. The molecule has 1 aromatic heterocycles. The minimum atomic E-state index is -3.70. The molecule has 0 aliphatic heterocycles. The number of para-hydroxylation sites is 2. The summed E-state index contributed by atoms with van der Waals surface area (Å²) >= 11 is 0. The Labute approximate surface area is 174 Å². The number of fused-ring (bicyclic) bond motifs is 1. The van der Waals surface area contributed by atoms with Crippen molar-refractivity contribution in [1.29, 1.82) is 0 Å². The van der Waals surface area contributed by atoms with Gasteiger partial charge in [0, 0.05) is 24.2 Å². The molecule has 0 bridgehead atoms. The van der Waals surface area contributed by atoms with E-state index in [4.69, 9.17) is 4.42 Å². The first-order valence-electron chi connectivity index (χ1n) is 9.57. The third-order valence-electron chi connectivity index (χ3n) is 4.23. The maximum atomic E-state index is 12.5. The molecule has 0 fully saturated rings. The van der Waals surface area contributed by atoms with Crippen molar-refractivity contribution in [1.82, 2.24) is 9.29 Å². The number of carbonyl (C=O) groups excluding carboxylic acids is 1. The molecule has 8 nitrogen and oxygen atoms in total. The van der Waals surface area contributed by atoms with E-state index < -0.39 is 21.3 Å². The Balaban J connectivity index is 1.61. The standard InChI is InChI=1S/C21H25N3O5S/c1-21(2,3)23-30(27,28)16-9-6-8-15(14-16)22-19(25)12-7-13-24-17-10-4-5-11-18(17)29-20(24)26/h4-6,8-11,14,23H,7,12-13H2,1-3H3,(H,22,25). The van der Waals surface area contributed by atoms with E-state index in [0.717, 1.165) is 0 Å². The van der Waals surface area contributed by atoms with Gasteiger partial charge in [-0.1, -0.05) is 18.2 Å². The lowest BCUT2D eigenvalue weighted by Crippen LogP contribution is -2.40. The van der Waals surface area contributed by atoms with Crippen molar-refractivity contribution in [3.05, 3.63) is 59.1 Å². The molecule has 3 rings (SSSR count). The smallest absolute Gasteiger partial charge is 0.408 e. The summed E-state index contributed by atoms with van der Waals surface area (Å²) in [6, 6.07) is 13.2. The molecule has 3 aromatic rings. The first-order chi connectivity index (χ1) is 14.0. The Bertz CT molecular complexity index is 1220. The molecule has 160 valence electrons. The molecular weight excluding hydrogens is 406 g/mol. The Morgan fingerprint density at radius 1 is 1.10 bits per heavy atom. The zero-order valence-corrected chi connectivity index (χ0v) is 18.0. The number of oxazole rings is 1. The number of hydrogen-bond acceptors (Lipinski definition) is 5. The zero-order chi connectivity index (χ0) is 21.9. The monoisotopic (exact) mass is 431 g/mol. The number of hydrogen-bond donors (Lipinski definition) is 2. The normalized spacial score (nSPS) is 12.2. The number of aromatic nitrogens is 1. The quantitative estimate of drug-likeness (QED) is 0.597. The average Bonchev–Trinajstić information content (AvgIpc) is 2.95. The molecule has 1 amide bonds. The van der Waals surface area contributed by atoms with Crippen LogP contribution in [-0.4, -0.2) is 24.4 Å². The number of amides is 1. The van der Waals surface area contributed by atoms with Crippen LogP contribution in [-0.2, 0) is 21.4 Å². The molecule has 0 spiro atoms. The van der Waals surface area contributed by atoms with E-state index in [-0.39, 0.29) is 17.2 Å². The first kappa shape index (κ1) is 21.8. The van der Waals surface area contributed by atoms with Gasteiger partial charge in [-0.3, -0.25) is 9.36 Å². The van der Waals surface area contributed by atoms with Crippen molar-refractivity contribution in [3.8, 4) is 0 Å². The Kier molecular flexibility index (Phi) is 6.14. The maximum Gasteiger partial charge on any atom is 0.419 e. The number of benzene rings is 2. The summed E-state index contributed by atoms with van der Waals surface area (Å²) in [6.45, 7) is 5.60. The van der Waals surface area contributed by atoms with Gasteiger partial charge >= 0.3 is 5.76 Å². The minimum Gasteiger partial charge on any atom is -0.408 e. The number of aryl methyl sites for hydroxylation is 1. The highest BCUT2D eigenvalue weighted by molar-refractivity contribution is 7.89. The van der Waals surface area contributed by atoms with E-state index in [1.165, 1.54) is 16.7 Å². The lowest BCUT2D eigenvalue weighted by atomic mass is 10.1. The number of anilines is 1. The van der Waals surface area contributed by atoms with Gasteiger partial charge in [0.1, 0.15) is 0 Å². The number of sulfonamides is 1. The van der Waals surface area contributed by atoms with Crippen LogP contribution in [0.25, 0.3) is 11.1 Å². The van der Waals surface area contributed by atoms with Gasteiger partial charge in [0.15, 0.2) is 5.58 Å². The van der Waals surface area contributed by atoms with E-state index in [9.17, 15) is 18.0 Å². The summed E-state index contributed by atoms with van der Waals surface area (Å²) in [5, 5.41) is 2.71. The van der Waals surface area contributed by atoms with Gasteiger partial charge < -0.3 is 9.73 Å². The molecule has 2 aromatic carbocycles. The predicted octanol–water partition coefficient (Wildman–Crippen LogP) is 3.09. The highest BCUT2D eigenvalue weighted by Crippen LogP contribution is 2.18. The molecule has 1 heterocycles. The van der Waals surface area contributed by atoms with Gasteiger partial charge in [0.25, 0.3) is 0 Å². The van der Waals surface area contributed by atoms with Crippen LogP contribution in [0.2, 0.25) is 0 Å². The van der Waals surface area contributed by atoms with E-state index in [2.05, 4.69) is 10.0 Å². The number of nitrogens with zero attached hydrogens (tertiary/aromatic N) is 1. The number of carbonyl (C=O) groups is 1. The van der Waals surface area contributed by atoms with Crippen LogP contribution in [0.4, 0.5) is 5.69 Å². The summed E-state index contributed by atoms with van der Waals surface area (Å²) < 4.78 is 34.2. The Hall–Kier alpha value is -2.91. The van der Waals surface area contributed by atoms with Crippen LogP contribution in [0.1, 0.15) is 33.6 Å². The van der Waals surface area contributed by atoms with Gasteiger partial charge in [-0.05, 0) is 57.5 Å². The fourth-order valence-electron chi connectivity index (χ4n) is 3.05. The van der Waals surface area contributed by atoms with Crippen LogP contribution in [0, 0.1) is 0 Å². The fraction of sp³-hybridized carbons (Fsp3) is 0.333. The molecule has 0 radical (unpaired) electrons. The second-order valence-electron chi connectivity index (χ2n) is 8.02. The second-order valence-corrected chi connectivity index (χ2v) is 9.70. The van der Waals surface area contributed by atoms with Gasteiger partial charge in [0.2, 0.25) is 15.9 Å². The third-order valence-corrected chi connectivity index (χ3v) is 5.98. The highest BCUT2D eigenvalue weighted by atomic mass is 32.2. The average molecular weight is 432 g/mol. The molecule has 0 saturated heterocycles. The highest BCUT2D eigenvalue weighted by Gasteiger charge is 2.22. The summed E-state index contributed by atoms with van der Waals surface area (Å²) in [4.78, 5) is 24.3. The number of nitrogens with one attached hydrogen (secondary N) is 2. The maximum absolute atomic E-state index is 12.5. The second kappa shape index (κ2) is 8.45. The largest absolute Gasteiger partial charge is 0.419 e. The topological polar surface area (TPSA) is 110 Å². The molecule has 2 N–H and O–H groups in total. The van der Waals surface area contributed by atoms with E-state index in [0.29, 0.717) is 29.8 Å². The molecule has 30 heavy (non-hydrogen) atoms. The lowest BCUT2D eigenvalue weighted by molar-refractivity contribution is -0.116. The van der Waals surface area contributed by atoms with Crippen LogP contribution in [0.5, 0.6) is 0 Å². The fourth-order valence-corrected chi connectivity index (χ4v) is 4.51. The Morgan fingerprint density at radius 3 is 2.57 bits per heavy atom. The van der Waals surface area contributed by atoms with Gasteiger partial charge in [-0.15, -0.1) is 0 Å². The SMILES string of the molecule is CC(C)(C)NS(=O)(=O)c1cccc(NC(=O)CCCn2c(=O)oc3ccccc32)c1. The predicted molar refractivity (Wildman–Crippen MR) is 115 cm³/mol. The third kappa shape index (κ3) is 5.37. The van der Waals surface area contributed by atoms with Crippen molar-refractivity contribution >= 4 is 32.7 Å². The molecule has 0 atom stereocenters. The number of rotatable bonds is 7. The molecule has 0 saturated carbocycles. The van der Waals surface area contributed by atoms with Crippen molar-refractivity contribution in [2.24, 2.45) is 0 Å².